The summed E-state index contributed by atoms with van der Waals surface area (Å²) >= 11 is 0. The molecule has 0 radical (unpaired) electrons. The lowest BCUT2D eigenvalue weighted by molar-refractivity contribution is -0.150. The maximum atomic E-state index is 12.1. The van der Waals surface area contributed by atoms with Gasteiger partial charge in [-0.15, -0.1) is 0 Å². The molecule has 0 saturated carbocycles. The molecule has 0 aliphatic rings. The molecule has 1 amide bonds. The Morgan fingerprint density at radius 1 is 1.30 bits per heavy atom. The highest BCUT2D eigenvalue weighted by atomic mass is 16.5. The maximum absolute atomic E-state index is 12.1. The zero-order chi connectivity index (χ0) is 14.9. The third-order valence-corrected chi connectivity index (χ3v) is 3.49. The predicted octanol–water partition coefficient (Wildman–Crippen LogP) is 2.00. The fourth-order valence-electron chi connectivity index (χ4n) is 2.55. The van der Waals surface area contributed by atoms with E-state index in [0.717, 1.165) is 16.5 Å². The molecule has 0 aliphatic carbocycles. The molecule has 0 saturated heterocycles. The van der Waals surface area contributed by atoms with Gasteiger partial charge in [-0.25, -0.2) is 4.79 Å². The van der Waals surface area contributed by atoms with Crippen molar-refractivity contribution in [3.63, 3.8) is 0 Å². The van der Waals surface area contributed by atoms with Crippen molar-refractivity contribution < 1.29 is 14.3 Å². The third-order valence-electron chi connectivity index (χ3n) is 3.49. The predicted molar refractivity (Wildman–Crippen MR) is 76.2 cm³/mol. The highest BCUT2D eigenvalue weighted by molar-refractivity contribution is 5.92. The topological polar surface area (TPSA) is 71.2 Å². The largest absolute Gasteiger partial charge is 0.467 e. The first kappa shape index (κ1) is 14.1. The molecule has 106 valence electrons. The van der Waals surface area contributed by atoms with Crippen molar-refractivity contribution in [1.82, 2.24) is 10.3 Å². The van der Waals surface area contributed by atoms with Crippen LogP contribution in [0.2, 0.25) is 0 Å². The molecular weight excluding hydrogens is 256 g/mol. The quantitative estimate of drug-likeness (QED) is 0.841. The van der Waals surface area contributed by atoms with Crippen LogP contribution in [0, 0.1) is 6.92 Å². The molecule has 0 bridgehead atoms. The standard InChI is InChI=1S/C15H18N2O3/c1-9-11-7-5-6-8-12(11)16-13(9)15(3,14(19)20-4)17-10(2)18/h5-8,16H,1-4H3,(H,17,18). The number of aromatic amines is 1. The van der Waals surface area contributed by atoms with Gasteiger partial charge in [-0.3, -0.25) is 4.79 Å². The molecule has 1 atom stereocenters. The van der Waals surface area contributed by atoms with Gasteiger partial charge in [0.1, 0.15) is 0 Å². The van der Waals surface area contributed by atoms with Crippen LogP contribution in [0.4, 0.5) is 0 Å². The normalized spacial score (nSPS) is 13.8. The number of nitrogens with one attached hydrogen (secondary N) is 2. The molecule has 1 unspecified atom stereocenters. The summed E-state index contributed by atoms with van der Waals surface area (Å²) in [4.78, 5) is 26.8. The van der Waals surface area contributed by atoms with Gasteiger partial charge in [0.05, 0.1) is 12.8 Å². The van der Waals surface area contributed by atoms with Gasteiger partial charge in [-0.1, -0.05) is 18.2 Å². The Labute approximate surface area is 117 Å². The Kier molecular flexibility index (Phi) is 3.53. The highest BCUT2D eigenvalue weighted by Crippen LogP contribution is 2.30. The molecule has 5 nitrogen and oxygen atoms in total. The Balaban J connectivity index is 2.65. The van der Waals surface area contributed by atoms with Crippen molar-refractivity contribution in [3.05, 3.63) is 35.5 Å². The number of aromatic nitrogens is 1. The minimum absolute atomic E-state index is 0.295. The number of aryl methyl sites for hydroxylation is 1. The summed E-state index contributed by atoms with van der Waals surface area (Å²) in [6.07, 6.45) is 0. The smallest absolute Gasteiger partial charge is 0.337 e. The number of methoxy groups -OCH3 is 1. The Morgan fingerprint density at radius 3 is 2.50 bits per heavy atom. The first-order valence-electron chi connectivity index (χ1n) is 6.35. The summed E-state index contributed by atoms with van der Waals surface area (Å²) in [5.74, 6) is -0.807. The number of amides is 1. The van der Waals surface area contributed by atoms with Gasteiger partial charge in [0, 0.05) is 17.8 Å². The number of para-hydroxylation sites is 1. The van der Waals surface area contributed by atoms with E-state index >= 15 is 0 Å². The van der Waals surface area contributed by atoms with Crippen molar-refractivity contribution in [2.75, 3.05) is 7.11 Å². The summed E-state index contributed by atoms with van der Waals surface area (Å²) in [6.45, 7) is 4.92. The zero-order valence-electron chi connectivity index (χ0n) is 12.0. The van der Waals surface area contributed by atoms with E-state index in [1.165, 1.54) is 14.0 Å². The second kappa shape index (κ2) is 5.00. The van der Waals surface area contributed by atoms with Gasteiger partial charge in [0.2, 0.25) is 5.91 Å². The molecule has 2 rings (SSSR count). The lowest BCUT2D eigenvalue weighted by Gasteiger charge is -2.27. The number of hydrogen-bond donors (Lipinski definition) is 2. The first-order valence-corrected chi connectivity index (χ1v) is 6.35. The second-order valence-electron chi connectivity index (χ2n) is 4.97. The monoisotopic (exact) mass is 274 g/mol. The van der Waals surface area contributed by atoms with E-state index in [-0.39, 0.29) is 5.91 Å². The molecule has 1 heterocycles. The van der Waals surface area contributed by atoms with E-state index in [1.54, 1.807) is 6.92 Å². The number of fused-ring (bicyclic) bond motifs is 1. The van der Waals surface area contributed by atoms with Crippen molar-refractivity contribution in [3.8, 4) is 0 Å². The van der Waals surface area contributed by atoms with Gasteiger partial charge in [-0.2, -0.15) is 0 Å². The molecule has 1 aromatic carbocycles. The number of rotatable bonds is 3. The fourth-order valence-corrected chi connectivity index (χ4v) is 2.55. The lowest BCUT2D eigenvalue weighted by Crippen LogP contribution is -2.50. The first-order chi connectivity index (χ1) is 9.40. The number of esters is 1. The van der Waals surface area contributed by atoms with Crippen LogP contribution in [0.3, 0.4) is 0 Å². The van der Waals surface area contributed by atoms with Crippen LogP contribution in [0.5, 0.6) is 0 Å². The van der Waals surface area contributed by atoms with E-state index in [4.69, 9.17) is 4.74 Å². The summed E-state index contributed by atoms with van der Waals surface area (Å²) in [7, 11) is 1.31. The van der Waals surface area contributed by atoms with E-state index in [9.17, 15) is 9.59 Å². The minimum Gasteiger partial charge on any atom is -0.467 e. The van der Waals surface area contributed by atoms with E-state index < -0.39 is 11.5 Å². The van der Waals surface area contributed by atoms with Crippen LogP contribution in [-0.2, 0) is 19.9 Å². The number of ether oxygens (including phenoxy) is 1. The van der Waals surface area contributed by atoms with Crippen LogP contribution < -0.4 is 5.32 Å². The van der Waals surface area contributed by atoms with Crippen LogP contribution in [0.15, 0.2) is 24.3 Å². The summed E-state index contributed by atoms with van der Waals surface area (Å²) in [5.41, 5.74) is 1.24. The van der Waals surface area contributed by atoms with Gasteiger partial charge in [-0.05, 0) is 25.5 Å². The maximum Gasteiger partial charge on any atom is 0.337 e. The van der Waals surface area contributed by atoms with Crippen LogP contribution in [0.25, 0.3) is 10.9 Å². The summed E-state index contributed by atoms with van der Waals surface area (Å²) < 4.78 is 4.85. The van der Waals surface area contributed by atoms with Gasteiger partial charge in [0.25, 0.3) is 0 Å². The molecule has 2 N–H and O–H groups in total. The van der Waals surface area contributed by atoms with Crippen molar-refractivity contribution >= 4 is 22.8 Å². The molecule has 2 aromatic rings. The van der Waals surface area contributed by atoms with E-state index in [0.29, 0.717) is 5.69 Å². The number of hydrogen-bond acceptors (Lipinski definition) is 3. The van der Waals surface area contributed by atoms with Crippen LogP contribution >= 0.6 is 0 Å². The van der Waals surface area contributed by atoms with Crippen molar-refractivity contribution in [2.45, 2.75) is 26.3 Å². The molecule has 0 fully saturated rings. The summed E-state index contributed by atoms with van der Waals surface area (Å²) in [5, 5.41) is 3.70. The zero-order valence-corrected chi connectivity index (χ0v) is 12.0. The number of benzene rings is 1. The van der Waals surface area contributed by atoms with Gasteiger partial charge < -0.3 is 15.0 Å². The number of carbonyl (C=O) groups excluding carboxylic acids is 2. The average Bonchev–Trinajstić information content (AvgIpc) is 2.75. The SMILES string of the molecule is COC(=O)C(C)(NC(C)=O)c1[nH]c2ccccc2c1C. The number of carbonyl (C=O) groups is 2. The van der Waals surface area contributed by atoms with Gasteiger partial charge >= 0.3 is 5.97 Å². The molecule has 1 aromatic heterocycles. The van der Waals surface area contributed by atoms with Crippen LogP contribution in [0.1, 0.15) is 25.1 Å². The third kappa shape index (κ3) is 2.15. The van der Waals surface area contributed by atoms with Crippen LogP contribution in [-0.4, -0.2) is 24.0 Å². The van der Waals surface area contributed by atoms with Gasteiger partial charge in [0.15, 0.2) is 5.54 Å². The fraction of sp³-hybridized carbons (Fsp3) is 0.333. The summed E-state index contributed by atoms with van der Waals surface area (Å²) in [6, 6.07) is 7.74. The second-order valence-corrected chi connectivity index (χ2v) is 4.97. The minimum atomic E-state index is -1.23. The Bertz CT molecular complexity index is 675. The lowest BCUT2D eigenvalue weighted by atomic mass is 9.94. The van der Waals surface area contributed by atoms with E-state index in [2.05, 4.69) is 10.3 Å². The highest BCUT2D eigenvalue weighted by Gasteiger charge is 2.40. The van der Waals surface area contributed by atoms with E-state index in [1.807, 2.05) is 31.2 Å². The molecular formula is C15H18N2O3. The molecule has 5 heteroatoms. The number of H-pyrrole nitrogens is 1. The Morgan fingerprint density at radius 2 is 1.95 bits per heavy atom. The Hall–Kier alpha value is -2.30. The average molecular weight is 274 g/mol. The molecule has 0 spiro atoms. The van der Waals surface area contributed by atoms with Crippen molar-refractivity contribution in [1.29, 1.82) is 0 Å². The molecule has 0 aliphatic heterocycles. The van der Waals surface area contributed by atoms with Crippen molar-refractivity contribution in [2.24, 2.45) is 0 Å². The molecule has 20 heavy (non-hydrogen) atoms.